The molecule has 5 rings (SSSR count). The summed E-state index contributed by atoms with van der Waals surface area (Å²) in [6.45, 7) is 0.881. The normalized spacial score (nSPS) is 17.7. The first-order valence-electron chi connectivity index (χ1n) is 9.58. The minimum atomic E-state index is -3.48. The number of pyridine rings is 1. The Balaban J connectivity index is 1.40. The van der Waals surface area contributed by atoms with Gasteiger partial charge < -0.3 is 0 Å². The highest BCUT2D eigenvalue weighted by Gasteiger charge is 2.35. The van der Waals surface area contributed by atoms with Gasteiger partial charge in [0.15, 0.2) is 11.5 Å². The van der Waals surface area contributed by atoms with Crippen molar-refractivity contribution in [3.8, 4) is 11.1 Å². The monoisotopic (exact) mass is 404 g/mol. The fourth-order valence-corrected chi connectivity index (χ4v) is 5.29. The Morgan fingerprint density at radius 2 is 1.59 bits per heavy atom. The Bertz CT molecular complexity index is 1250. The van der Waals surface area contributed by atoms with Crippen molar-refractivity contribution >= 4 is 15.7 Å². The van der Waals surface area contributed by atoms with E-state index in [2.05, 4.69) is 22.2 Å². The molecule has 1 saturated heterocycles. The number of hydrogen-bond donors (Lipinski definition) is 0. The van der Waals surface area contributed by atoms with Crippen LogP contribution in [0.1, 0.15) is 18.2 Å². The molecule has 0 spiro atoms. The zero-order valence-corrected chi connectivity index (χ0v) is 16.5. The van der Waals surface area contributed by atoms with E-state index in [9.17, 15) is 8.42 Å². The van der Waals surface area contributed by atoms with Crippen LogP contribution < -0.4 is 0 Å². The Kier molecular flexibility index (Phi) is 4.41. The van der Waals surface area contributed by atoms with Gasteiger partial charge in [0, 0.05) is 30.8 Å². The summed E-state index contributed by atoms with van der Waals surface area (Å²) in [4.78, 5) is 4.98. The van der Waals surface area contributed by atoms with E-state index in [1.54, 1.807) is 28.8 Å². The van der Waals surface area contributed by atoms with Crippen LogP contribution in [0.5, 0.6) is 0 Å². The Hall–Kier alpha value is -3.03. The second-order valence-electron chi connectivity index (χ2n) is 7.22. The van der Waals surface area contributed by atoms with E-state index in [4.69, 9.17) is 0 Å². The standard InChI is InChI=1S/C22H20N4O2S/c27-29(28,20-9-5-2-6-10-20)25-14-13-19(15-25)22-23-21-12-11-18(16-26(21)24-22)17-7-3-1-4-8-17/h1-12,16,19H,13-15H2/t19-/m1/s1. The zero-order valence-electron chi connectivity index (χ0n) is 15.7. The summed E-state index contributed by atoms with van der Waals surface area (Å²) in [6, 6.07) is 22.7. The van der Waals surface area contributed by atoms with Crippen LogP contribution in [0, 0.1) is 0 Å². The molecule has 2 aromatic carbocycles. The molecule has 0 amide bonds. The number of benzene rings is 2. The summed E-state index contributed by atoms with van der Waals surface area (Å²) in [6.07, 6.45) is 2.68. The molecule has 1 aliphatic rings. The van der Waals surface area contributed by atoms with Crippen LogP contribution in [0.15, 0.2) is 83.9 Å². The third-order valence-electron chi connectivity index (χ3n) is 5.35. The number of sulfonamides is 1. The van der Waals surface area contributed by atoms with Gasteiger partial charge in [-0.15, -0.1) is 0 Å². The first-order valence-corrected chi connectivity index (χ1v) is 11.0. The van der Waals surface area contributed by atoms with E-state index in [0.717, 1.165) is 16.8 Å². The maximum absolute atomic E-state index is 12.9. The molecule has 0 N–H and O–H groups in total. The van der Waals surface area contributed by atoms with E-state index >= 15 is 0 Å². The maximum atomic E-state index is 12.9. The molecule has 6 nitrogen and oxygen atoms in total. The highest BCUT2D eigenvalue weighted by atomic mass is 32.2. The topological polar surface area (TPSA) is 67.6 Å². The van der Waals surface area contributed by atoms with Crippen LogP contribution in [-0.4, -0.2) is 40.4 Å². The Morgan fingerprint density at radius 3 is 2.34 bits per heavy atom. The smallest absolute Gasteiger partial charge is 0.220 e. The Labute approximate surface area is 169 Å². The Morgan fingerprint density at radius 1 is 0.862 bits per heavy atom. The van der Waals surface area contributed by atoms with Gasteiger partial charge >= 0.3 is 0 Å². The van der Waals surface area contributed by atoms with Crippen molar-refractivity contribution in [3.63, 3.8) is 0 Å². The summed E-state index contributed by atoms with van der Waals surface area (Å²) in [5.74, 6) is 0.689. The van der Waals surface area contributed by atoms with Crippen molar-refractivity contribution < 1.29 is 8.42 Å². The molecule has 1 atom stereocenters. The summed E-state index contributed by atoms with van der Waals surface area (Å²) in [7, 11) is -3.48. The van der Waals surface area contributed by atoms with E-state index in [0.29, 0.717) is 30.2 Å². The minimum Gasteiger partial charge on any atom is -0.220 e. The molecule has 4 aromatic rings. The SMILES string of the molecule is O=S(=O)(c1ccccc1)N1CC[C@@H](c2nc3ccc(-c4ccccc4)cn3n2)C1. The fourth-order valence-electron chi connectivity index (χ4n) is 3.77. The van der Waals surface area contributed by atoms with Crippen molar-refractivity contribution in [1.82, 2.24) is 18.9 Å². The summed E-state index contributed by atoms with van der Waals surface area (Å²) in [5.41, 5.74) is 2.95. The number of aromatic nitrogens is 3. The predicted molar refractivity (Wildman–Crippen MR) is 111 cm³/mol. The number of hydrogen-bond acceptors (Lipinski definition) is 4. The molecule has 1 aliphatic heterocycles. The van der Waals surface area contributed by atoms with Crippen molar-refractivity contribution in [1.29, 1.82) is 0 Å². The molecule has 1 fully saturated rings. The molecule has 2 aromatic heterocycles. The average molecular weight is 404 g/mol. The van der Waals surface area contributed by atoms with Gasteiger partial charge in [0.2, 0.25) is 10.0 Å². The van der Waals surface area contributed by atoms with Gasteiger partial charge in [0.25, 0.3) is 0 Å². The van der Waals surface area contributed by atoms with Crippen LogP contribution in [0.2, 0.25) is 0 Å². The van der Waals surface area contributed by atoms with Crippen LogP contribution in [0.3, 0.4) is 0 Å². The van der Waals surface area contributed by atoms with Gasteiger partial charge in [-0.3, -0.25) is 0 Å². The lowest BCUT2D eigenvalue weighted by Gasteiger charge is -2.15. The minimum absolute atomic E-state index is 0.00596. The van der Waals surface area contributed by atoms with Crippen molar-refractivity contribution in [3.05, 3.63) is 84.8 Å². The van der Waals surface area contributed by atoms with E-state index in [1.165, 1.54) is 4.31 Å². The number of nitrogens with zero attached hydrogens (tertiary/aromatic N) is 4. The van der Waals surface area contributed by atoms with Gasteiger partial charge in [-0.25, -0.2) is 17.9 Å². The van der Waals surface area contributed by atoms with Crippen molar-refractivity contribution in [2.75, 3.05) is 13.1 Å². The van der Waals surface area contributed by atoms with E-state index in [1.807, 2.05) is 42.6 Å². The molecule has 0 saturated carbocycles. The van der Waals surface area contributed by atoms with E-state index in [-0.39, 0.29) is 5.92 Å². The molecule has 7 heteroatoms. The second kappa shape index (κ2) is 7.09. The van der Waals surface area contributed by atoms with Gasteiger partial charge in [0.1, 0.15) is 0 Å². The van der Waals surface area contributed by atoms with Crippen LogP contribution >= 0.6 is 0 Å². The maximum Gasteiger partial charge on any atom is 0.243 e. The fraction of sp³-hybridized carbons (Fsp3) is 0.182. The van der Waals surface area contributed by atoms with Gasteiger partial charge in [-0.2, -0.15) is 9.40 Å². The van der Waals surface area contributed by atoms with Crippen LogP contribution in [0.25, 0.3) is 16.8 Å². The van der Waals surface area contributed by atoms with Gasteiger partial charge in [-0.1, -0.05) is 48.5 Å². The quantitative estimate of drug-likeness (QED) is 0.521. The molecular formula is C22H20N4O2S. The molecule has 0 aliphatic carbocycles. The summed E-state index contributed by atoms with van der Waals surface area (Å²) < 4.78 is 29.0. The molecule has 146 valence electrons. The van der Waals surface area contributed by atoms with Crippen LogP contribution in [0.4, 0.5) is 0 Å². The molecule has 3 heterocycles. The highest BCUT2D eigenvalue weighted by molar-refractivity contribution is 7.89. The van der Waals surface area contributed by atoms with Crippen molar-refractivity contribution in [2.45, 2.75) is 17.2 Å². The van der Waals surface area contributed by atoms with Gasteiger partial charge in [-0.05, 0) is 36.2 Å². The first-order chi connectivity index (χ1) is 14.1. The second-order valence-corrected chi connectivity index (χ2v) is 9.16. The highest BCUT2D eigenvalue weighted by Crippen LogP contribution is 2.30. The lowest BCUT2D eigenvalue weighted by molar-refractivity contribution is 0.471. The molecule has 0 unspecified atom stereocenters. The van der Waals surface area contributed by atoms with Gasteiger partial charge in [0.05, 0.1) is 4.90 Å². The third kappa shape index (κ3) is 3.32. The zero-order chi connectivity index (χ0) is 19.8. The molecular weight excluding hydrogens is 384 g/mol. The molecule has 0 bridgehead atoms. The summed E-state index contributed by atoms with van der Waals surface area (Å²) in [5, 5.41) is 4.65. The lowest BCUT2D eigenvalue weighted by Crippen LogP contribution is -2.28. The van der Waals surface area contributed by atoms with E-state index < -0.39 is 10.0 Å². The largest absolute Gasteiger partial charge is 0.243 e. The predicted octanol–water partition coefficient (Wildman–Crippen LogP) is 3.57. The average Bonchev–Trinajstić information content (AvgIpc) is 3.42. The summed E-state index contributed by atoms with van der Waals surface area (Å²) >= 11 is 0. The van der Waals surface area contributed by atoms with Crippen molar-refractivity contribution in [2.24, 2.45) is 0 Å². The molecule has 0 radical (unpaired) electrons. The number of fused-ring (bicyclic) bond motifs is 1. The first kappa shape index (κ1) is 18.0. The number of rotatable bonds is 4. The molecule has 29 heavy (non-hydrogen) atoms. The third-order valence-corrected chi connectivity index (χ3v) is 7.23. The lowest BCUT2D eigenvalue weighted by atomic mass is 10.1. The van der Waals surface area contributed by atoms with Crippen LogP contribution in [-0.2, 0) is 10.0 Å².